The van der Waals surface area contributed by atoms with Crippen molar-refractivity contribution >= 4 is 29.9 Å². The molecule has 8 heteroatoms. The molecule has 0 aliphatic heterocycles. The van der Waals surface area contributed by atoms with E-state index < -0.39 is 0 Å². The average Bonchev–Trinajstić information content (AvgIpc) is 3.50. The van der Waals surface area contributed by atoms with Crippen molar-refractivity contribution in [3.63, 3.8) is 0 Å². The SMILES string of the molecule is CCNC(=NCc1coc(-c2ccc(C)cc2)n1)NCc1nccn1CCc1ccccc1.I. The lowest BCUT2D eigenvalue weighted by Gasteiger charge is -2.12. The zero-order valence-corrected chi connectivity index (χ0v) is 21.9. The molecule has 2 aromatic heterocycles. The van der Waals surface area contributed by atoms with Crippen molar-refractivity contribution in [3.05, 3.63) is 95.9 Å². The van der Waals surface area contributed by atoms with Gasteiger partial charge in [0.1, 0.15) is 17.8 Å². The van der Waals surface area contributed by atoms with Gasteiger partial charge in [0.15, 0.2) is 5.96 Å². The molecule has 178 valence electrons. The molecule has 34 heavy (non-hydrogen) atoms. The van der Waals surface area contributed by atoms with Gasteiger partial charge in [-0.1, -0.05) is 48.0 Å². The highest BCUT2D eigenvalue weighted by Crippen LogP contribution is 2.19. The third-order valence-corrected chi connectivity index (χ3v) is 5.29. The molecule has 0 fully saturated rings. The number of aromatic nitrogens is 3. The van der Waals surface area contributed by atoms with Gasteiger partial charge in [-0.2, -0.15) is 0 Å². The van der Waals surface area contributed by atoms with Gasteiger partial charge in [-0.25, -0.2) is 15.0 Å². The Morgan fingerprint density at radius 1 is 1.06 bits per heavy atom. The fraction of sp³-hybridized carbons (Fsp3) is 0.269. The normalized spacial score (nSPS) is 11.2. The molecule has 4 aromatic rings. The maximum atomic E-state index is 5.65. The summed E-state index contributed by atoms with van der Waals surface area (Å²) in [6, 6.07) is 18.6. The van der Waals surface area contributed by atoms with Crippen LogP contribution in [0.15, 0.2) is 82.7 Å². The number of imidazole rings is 1. The number of aryl methyl sites for hydroxylation is 3. The molecule has 0 saturated carbocycles. The zero-order valence-electron chi connectivity index (χ0n) is 19.6. The molecule has 0 atom stereocenters. The van der Waals surface area contributed by atoms with Crippen LogP contribution in [0.4, 0.5) is 0 Å². The topological polar surface area (TPSA) is 80.3 Å². The highest BCUT2D eigenvalue weighted by Gasteiger charge is 2.08. The molecule has 0 unspecified atom stereocenters. The van der Waals surface area contributed by atoms with Crippen LogP contribution in [0.2, 0.25) is 0 Å². The van der Waals surface area contributed by atoms with Crippen molar-refractivity contribution in [1.29, 1.82) is 0 Å². The van der Waals surface area contributed by atoms with Gasteiger partial charge in [0.25, 0.3) is 0 Å². The highest BCUT2D eigenvalue weighted by atomic mass is 127. The molecular weight excluding hydrogens is 539 g/mol. The van der Waals surface area contributed by atoms with Crippen LogP contribution in [-0.2, 0) is 26.1 Å². The van der Waals surface area contributed by atoms with Crippen LogP contribution >= 0.6 is 24.0 Å². The van der Waals surface area contributed by atoms with Crippen LogP contribution in [0.5, 0.6) is 0 Å². The Kier molecular flexibility index (Phi) is 9.69. The van der Waals surface area contributed by atoms with Crippen LogP contribution in [0, 0.1) is 6.92 Å². The van der Waals surface area contributed by atoms with Crippen LogP contribution in [0.25, 0.3) is 11.5 Å². The summed E-state index contributed by atoms with van der Waals surface area (Å²) in [4.78, 5) is 13.7. The van der Waals surface area contributed by atoms with E-state index in [1.165, 1.54) is 11.1 Å². The first-order valence-electron chi connectivity index (χ1n) is 11.3. The zero-order chi connectivity index (χ0) is 22.9. The number of guanidine groups is 1. The second kappa shape index (κ2) is 12.9. The van der Waals surface area contributed by atoms with E-state index in [1.807, 2.05) is 49.6 Å². The van der Waals surface area contributed by atoms with Gasteiger partial charge < -0.3 is 19.6 Å². The largest absolute Gasteiger partial charge is 0.444 e. The number of nitrogens with one attached hydrogen (secondary N) is 2. The Morgan fingerprint density at radius 3 is 2.62 bits per heavy atom. The summed E-state index contributed by atoms with van der Waals surface area (Å²) in [6.45, 7) is 6.76. The maximum absolute atomic E-state index is 5.65. The van der Waals surface area contributed by atoms with Gasteiger partial charge in [0, 0.05) is 31.0 Å². The van der Waals surface area contributed by atoms with Crippen molar-refractivity contribution in [2.24, 2.45) is 4.99 Å². The first-order valence-corrected chi connectivity index (χ1v) is 11.3. The Hall–Kier alpha value is -3.14. The van der Waals surface area contributed by atoms with Gasteiger partial charge in [-0.15, -0.1) is 24.0 Å². The van der Waals surface area contributed by atoms with E-state index in [4.69, 9.17) is 4.42 Å². The number of oxazole rings is 1. The minimum Gasteiger partial charge on any atom is -0.444 e. The molecule has 2 N–H and O–H groups in total. The van der Waals surface area contributed by atoms with E-state index in [0.29, 0.717) is 19.0 Å². The third-order valence-electron chi connectivity index (χ3n) is 5.29. The third kappa shape index (κ3) is 7.18. The molecule has 0 spiro atoms. The average molecular weight is 570 g/mol. The van der Waals surface area contributed by atoms with Crippen molar-refractivity contribution in [1.82, 2.24) is 25.2 Å². The highest BCUT2D eigenvalue weighted by molar-refractivity contribution is 14.0. The summed E-state index contributed by atoms with van der Waals surface area (Å²) in [5.74, 6) is 2.30. The minimum absolute atomic E-state index is 0. The number of hydrogen-bond acceptors (Lipinski definition) is 4. The van der Waals surface area contributed by atoms with Gasteiger partial charge in [-0.05, 0) is 38.0 Å². The summed E-state index contributed by atoms with van der Waals surface area (Å²) in [6.07, 6.45) is 6.49. The number of aliphatic imine (C=N–C) groups is 1. The Bertz CT molecular complexity index is 1170. The number of benzene rings is 2. The lowest BCUT2D eigenvalue weighted by Crippen LogP contribution is -2.37. The van der Waals surface area contributed by atoms with Crippen LogP contribution in [0.1, 0.15) is 29.6 Å². The van der Waals surface area contributed by atoms with Crippen molar-refractivity contribution in [3.8, 4) is 11.5 Å². The van der Waals surface area contributed by atoms with Crippen LogP contribution in [-0.4, -0.2) is 27.0 Å². The molecule has 2 aromatic carbocycles. The Balaban J connectivity index is 0.00000324. The molecule has 4 rings (SSSR count). The van der Waals surface area contributed by atoms with Crippen molar-refractivity contribution in [2.45, 2.75) is 39.9 Å². The predicted octanol–water partition coefficient (Wildman–Crippen LogP) is 4.96. The monoisotopic (exact) mass is 570 g/mol. The van der Waals surface area contributed by atoms with E-state index in [9.17, 15) is 0 Å². The first kappa shape index (κ1) is 25.5. The summed E-state index contributed by atoms with van der Waals surface area (Å²) >= 11 is 0. The predicted molar refractivity (Wildman–Crippen MR) is 146 cm³/mol. The van der Waals surface area contributed by atoms with E-state index in [-0.39, 0.29) is 24.0 Å². The summed E-state index contributed by atoms with van der Waals surface area (Å²) in [7, 11) is 0. The number of nitrogens with zero attached hydrogens (tertiary/aromatic N) is 4. The van der Waals surface area contributed by atoms with E-state index in [1.54, 1.807) is 6.26 Å². The maximum Gasteiger partial charge on any atom is 0.226 e. The lowest BCUT2D eigenvalue weighted by molar-refractivity contribution is 0.572. The second-order valence-electron chi connectivity index (χ2n) is 7.83. The fourth-order valence-corrected chi connectivity index (χ4v) is 3.48. The fourth-order valence-electron chi connectivity index (χ4n) is 3.48. The molecular formula is C26H31IN6O. The van der Waals surface area contributed by atoms with E-state index in [0.717, 1.165) is 42.6 Å². The number of rotatable bonds is 9. The standard InChI is InChI=1S/C26H30N6O.HI/c1-3-27-26(29-17-23-19-33-25(31-23)22-11-9-20(2)10-12-22)30-18-24-28-14-16-32(24)15-13-21-7-5-4-6-8-21;/h4-12,14,16,19H,3,13,15,17-18H2,1-2H3,(H2,27,29,30);1H. The molecule has 2 heterocycles. The Morgan fingerprint density at radius 2 is 1.85 bits per heavy atom. The molecule has 0 aliphatic rings. The summed E-state index contributed by atoms with van der Waals surface area (Å²) < 4.78 is 7.82. The Labute approximate surface area is 217 Å². The van der Waals surface area contributed by atoms with E-state index >= 15 is 0 Å². The van der Waals surface area contributed by atoms with Gasteiger partial charge in [-0.3, -0.25) is 0 Å². The molecule has 0 radical (unpaired) electrons. The van der Waals surface area contributed by atoms with Crippen molar-refractivity contribution in [2.75, 3.05) is 6.54 Å². The van der Waals surface area contributed by atoms with Crippen LogP contribution < -0.4 is 10.6 Å². The molecule has 0 saturated heterocycles. The smallest absolute Gasteiger partial charge is 0.226 e. The lowest BCUT2D eigenvalue weighted by atomic mass is 10.1. The van der Waals surface area contributed by atoms with Gasteiger partial charge in [0.05, 0.1) is 13.1 Å². The second-order valence-corrected chi connectivity index (χ2v) is 7.83. The number of hydrogen-bond donors (Lipinski definition) is 2. The number of halogens is 1. The first-order chi connectivity index (χ1) is 16.2. The quantitative estimate of drug-likeness (QED) is 0.169. The van der Waals surface area contributed by atoms with Gasteiger partial charge >= 0.3 is 0 Å². The molecule has 0 aliphatic carbocycles. The van der Waals surface area contributed by atoms with Crippen molar-refractivity contribution < 1.29 is 4.42 Å². The summed E-state index contributed by atoms with van der Waals surface area (Å²) in [5, 5.41) is 6.65. The summed E-state index contributed by atoms with van der Waals surface area (Å²) in [5.41, 5.74) is 4.27. The molecule has 7 nitrogen and oxygen atoms in total. The van der Waals surface area contributed by atoms with E-state index in [2.05, 4.69) is 61.4 Å². The van der Waals surface area contributed by atoms with Crippen LogP contribution in [0.3, 0.4) is 0 Å². The van der Waals surface area contributed by atoms with Gasteiger partial charge in [0.2, 0.25) is 5.89 Å². The minimum atomic E-state index is 0. The molecule has 0 bridgehead atoms. The molecule has 0 amide bonds.